The van der Waals surface area contributed by atoms with Crippen molar-refractivity contribution < 1.29 is 9.18 Å². The molecule has 92 valence electrons. The van der Waals surface area contributed by atoms with Gasteiger partial charge in [0.1, 0.15) is 5.82 Å². The monoisotopic (exact) mass is 254 g/mol. The van der Waals surface area contributed by atoms with Crippen LogP contribution in [0.1, 0.15) is 0 Å². The van der Waals surface area contributed by atoms with Crippen LogP contribution in [0.2, 0.25) is 0 Å². The summed E-state index contributed by atoms with van der Waals surface area (Å²) in [4.78, 5) is 13.5. The van der Waals surface area contributed by atoms with Crippen molar-refractivity contribution in [2.45, 2.75) is 6.04 Å². The number of nitrogens with one attached hydrogen (secondary N) is 1. The van der Waals surface area contributed by atoms with E-state index in [4.69, 9.17) is 0 Å². The van der Waals surface area contributed by atoms with Crippen LogP contribution >= 0.6 is 11.8 Å². The van der Waals surface area contributed by atoms with Crippen molar-refractivity contribution in [3.05, 3.63) is 30.1 Å². The van der Waals surface area contributed by atoms with E-state index in [1.807, 2.05) is 0 Å². The lowest BCUT2D eigenvalue weighted by molar-refractivity contribution is -0.119. The van der Waals surface area contributed by atoms with Gasteiger partial charge < -0.3 is 10.2 Å². The molecule has 1 atom stereocenters. The van der Waals surface area contributed by atoms with E-state index in [9.17, 15) is 9.18 Å². The van der Waals surface area contributed by atoms with E-state index >= 15 is 0 Å². The Morgan fingerprint density at radius 1 is 1.53 bits per heavy atom. The summed E-state index contributed by atoms with van der Waals surface area (Å²) in [6.07, 6.45) is 0. The second-order valence-electron chi connectivity index (χ2n) is 3.93. The number of likely N-dealkylation sites (N-methyl/N-ethyl adjacent to an activating group) is 1. The van der Waals surface area contributed by atoms with E-state index in [2.05, 4.69) is 5.32 Å². The minimum Gasteiger partial charge on any atom is -0.311 e. The van der Waals surface area contributed by atoms with Crippen molar-refractivity contribution in [3.63, 3.8) is 0 Å². The molecule has 17 heavy (non-hydrogen) atoms. The van der Waals surface area contributed by atoms with Gasteiger partial charge in [-0.3, -0.25) is 4.79 Å². The molecule has 0 radical (unpaired) electrons. The summed E-state index contributed by atoms with van der Waals surface area (Å²) in [6.45, 7) is 0.826. The maximum Gasteiger partial charge on any atom is 0.244 e. The minimum atomic E-state index is -0.369. The molecule has 1 amide bonds. The molecule has 2 rings (SSSR count). The Morgan fingerprint density at radius 3 is 2.94 bits per heavy atom. The maximum absolute atomic E-state index is 13.5. The van der Waals surface area contributed by atoms with E-state index in [0.717, 1.165) is 18.1 Å². The van der Waals surface area contributed by atoms with Gasteiger partial charge >= 0.3 is 0 Å². The average molecular weight is 254 g/mol. The van der Waals surface area contributed by atoms with Gasteiger partial charge in [-0.2, -0.15) is 11.8 Å². The molecule has 1 aliphatic rings. The summed E-state index contributed by atoms with van der Waals surface area (Å²) >= 11 is 1.74. The zero-order valence-corrected chi connectivity index (χ0v) is 10.5. The standard InChI is InChI=1S/C12H15FN2OS/c1-15(11-5-3-2-4-9(11)13)12(16)10-8-17-7-6-14-10/h2-5,10,14H,6-8H2,1H3. The Hall–Kier alpha value is -1.07. The highest BCUT2D eigenvalue weighted by Gasteiger charge is 2.25. The SMILES string of the molecule is CN(C(=O)C1CSCCN1)c1ccccc1F. The zero-order valence-electron chi connectivity index (χ0n) is 9.65. The average Bonchev–Trinajstić information content (AvgIpc) is 2.39. The van der Waals surface area contributed by atoms with E-state index in [1.54, 1.807) is 37.0 Å². The normalized spacial score (nSPS) is 20.0. The van der Waals surface area contributed by atoms with Gasteiger partial charge in [-0.15, -0.1) is 0 Å². The number of para-hydroxylation sites is 1. The molecule has 1 unspecified atom stereocenters. The molecule has 1 saturated heterocycles. The number of hydrogen-bond donors (Lipinski definition) is 1. The molecule has 1 aromatic rings. The number of benzene rings is 1. The second-order valence-corrected chi connectivity index (χ2v) is 5.08. The molecule has 1 heterocycles. The fraction of sp³-hybridized carbons (Fsp3) is 0.417. The van der Waals surface area contributed by atoms with Crippen molar-refractivity contribution in [3.8, 4) is 0 Å². The van der Waals surface area contributed by atoms with E-state index in [-0.39, 0.29) is 17.8 Å². The van der Waals surface area contributed by atoms with Crippen LogP contribution in [0.15, 0.2) is 24.3 Å². The summed E-state index contributed by atoms with van der Waals surface area (Å²) in [5.41, 5.74) is 0.329. The highest BCUT2D eigenvalue weighted by Crippen LogP contribution is 2.19. The van der Waals surface area contributed by atoms with Crippen molar-refractivity contribution in [1.82, 2.24) is 5.32 Å². The first kappa shape index (κ1) is 12.4. The first-order valence-electron chi connectivity index (χ1n) is 5.53. The first-order chi connectivity index (χ1) is 8.20. The topological polar surface area (TPSA) is 32.3 Å². The number of anilines is 1. The summed E-state index contributed by atoms with van der Waals surface area (Å²) in [5.74, 6) is 1.32. The predicted molar refractivity (Wildman–Crippen MR) is 68.9 cm³/mol. The lowest BCUT2D eigenvalue weighted by Crippen LogP contribution is -2.49. The van der Waals surface area contributed by atoms with Crippen LogP contribution in [0.3, 0.4) is 0 Å². The van der Waals surface area contributed by atoms with Gasteiger partial charge in [-0.05, 0) is 12.1 Å². The van der Waals surface area contributed by atoms with Gasteiger partial charge in [0.25, 0.3) is 0 Å². The third-order valence-electron chi connectivity index (χ3n) is 2.76. The van der Waals surface area contributed by atoms with E-state index in [1.165, 1.54) is 11.0 Å². The largest absolute Gasteiger partial charge is 0.311 e. The molecule has 0 spiro atoms. The van der Waals surface area contributed by atoms with Crippen molar-refractivity contribution in [1.29, 1.82) is 0 Å². The van der Waals surface area contributed by atoms with Crippen LogP contribution in [-0.4, -0.2) is 37.0 Å². The fourth-order valence-corrected chi connectivity index (χ4v) is 2.73. The van der Waals surface area contributed by atoms with Gasteiger partial charge in [0, 0.05) is 25.1 Å². The smallest absolute Gasteiger partial charge is 0.244 e. The molecular weight excluding hydrogens is 239 g/mol. The van der Waals surface area contributed by atoms with Crippen LogP contribution < -0.4 is 10.2 Å². The molecule has 0 aliphatic carbocycles. The zero-order chi connectivity index (χ0) is 12.3. The third-order valence-corrected chi connectivity index (χ3v) is 3.83. The Morgan fingerprint density at radius 2 is 2.29 bits per heavy atom. The molecule has 0 bridgehead atoms. The Balaban J connectivity index is 2.11. The minimum absolute atomic E-state index is 0.0812. The van der Waals surface area contributed by atoms with Crippen molar-refractivity contribution >= 4 is 23.4 Å². The molecule has 0 saturated carbocycles. The summed E-state index contributed by atoms with van der Waals surface area (Å²) in [5, 5.41) is 3.15. The molecule has 3 nitrogen and oxygen atoms in total. The number of carbonyl (C=O) groups is 1. The summed E-state index contributed by atoms with van der Waals surface area (Å²) in [7, 11) is 1.61. The second kappa shape index (κ2) is 5.51. The van der Waals surface area contributed by atoms with Gasteiger partial charge in [0.2, 0.25) is 5.91 Å². The summed E-state index contributed by atoms with van der Waals surface area (Å²) < 4.78 is 13.5. The first-order valence-corrected chi connectivity index (χ1v) is 6.69. The number of thioether (sulfide) groups is 1. The van der Waals surface area contributed by atoms with Crippen LogP contribution in [0.4, 0.5) is 10.1 Å². The third kappa shape index (κ3) is 2.79. The maximum atomic E-state index is 13.5. The quantitative estimate of drug-likeness (QED) is 0.868. The molecule has 1 fully saturated rings. The number of amides is 1. The highest BCUT2D eigenvalue weighted by molar-refractivity contribution is 7.99. The highest BCUT2D eigenvalue weighted by atomic mass is 32.2. The van der Waals surface area contributed by atoms with Crippen LogP contribution in [0.5, 0.6) is 0 Å². The molecule has 1 aromatic carbocycles. The molecular formula is C12H15FN2OS. The van der Waals surface area contributed by atoms with Crippen LogP contribution in [-0.2, 0) is 4.79 Å². The van der Waals surface area contributed by atoms with Crippen molar-refractivity contribution in [2.24, 2.45) is 0 Å². The van der Waals surface area contributed by atoms with Gasteiger partial charge in [-0.25, -0.2) is 4.39 Å². The number of carbonyl (C=O) groups excluding carboxylic acids is 1. The van der Waals surface area contributed by atoms with E-state index < -0.39 is 0 Å². The number of hydrogen-bond acceptors (Lipinski definition) is 3. The lowest BCUT2D eigenvalue weighted by Gasteiger charge is -2.27. The molecule has 1 aliphatic heterocycles. The summed E-state index contributed by atoms with van der Waals surface area (Å²) in [6, 6.07) is 6.11. The van der Waals surface area contributed by atoms with E-state index in [0.29, 0.717) is 5.69 Å². The predicted octanol–water partition coefficient (Wildman–Crippen LogP) is 1.49. The van der Waals surface area contributed by atoms with Gasteiger partial charge in [-0.1, -0.05) is 12.1 Å². The van der Waals surface area contributed by atoms with Gasteiger partial charge in [0.05, 0.1) is 11.7 Å². The van der Waals surface area contributed by atoms with Crippen LogP contribution in [0.25, 0.3) is 0 Å². The fourth-order valence-electron chi connectivity index (χ4n) is 1.80. The number of rotatable bonds is 2. The molecule has 1 N–H and O–H groups in total. The number of halogens is 1. The lowest BCUT2D eigenvalue weighted by atomic mass is 10.2. The molecule has 0 aromatic heterocycles. The van der Waals surface area contributed by atoms with Gasteiger partial charge in [0.15, 0.2) is 0 Å². The van der Waals surface area contributed by atoms with Crippen LogP contribution in [0, 0.1) is 5.82 Å². The van der Waals surface area contributed by atoms with Crippen molar-refractivity contribution in [2.75, 3.05) is 30.0 Å². The Labute approximate surface area is 104 Å². The number of nitrogens with zero attached hydrogens (tertiary/aromatic N) is 1. The Kier molecular flexibility index (Phi) is 4.02. The Bertz CT molecular complexity index is 407. The molecule has 5 heteroatoms.